The summed E-state index contributed by atoms with van der Waals surface area (Å²) >= 11 is 0. The molecule has 1 aromatic heterocycles. The number of fused-ring (bicyclic) bond motifs is 1. The minimum absolute atomic E-state index is 0.161. The van der Waals surface area contributed by atoms with Crippen LogP contribution < -0.4 is 10.6 Å². The molecule has 0 saturated carbocycles. The van der Waals surface area contributed by atoms with Crippen LogP contribution in [0.3, 0.4) is 0 Å². The quantitative estimate of drug-likeness (QED) is 0.910. The summed E-state index contributed by atoms with van der Waals surface area (Å²) in [5.74, 6) is 0.210. The van der Waals surface area contributed by atoms with Gasteiger partial charge in [-0.15, -0.1) is 0 Å². The van der Waals surface area contributed by atoms with E-state index in [9.17, 15) is 4.79 Å². The molecule has 2 aromatic rings. The molecule has 23 heavy (non-hydrogen) atoms. The van der Waals surface area contributed by atoms with Gasteiger partial charge in [0, 0.05) is 18.2 Å². The molecule has 1 aromatic carbocycles. The van der Waals surface area contributed by atoms with Crippen LogP contribution in [0.2, 0.25) is 0 Å². The molecule has 0 radical (unpaired) electrons. The topological polar surface area (TPSA) is 63.2 Å². The van der Waals surface area contributed by atoms with E-state index in [1.54, 1.807) is 6.20 Å². The number of benzene rings is 1. The first-order chi connectivity index (χ1) is 11.1. The van der Waals surface area contributed by atoms with Crippen molar-refractivity contribution in [2.75, 3.05) is 5.32 Å². The second-order valence-corrected chi connectivity index (χ2v) is 5.91. The van der Waals surface area contributed by atoms with Crippen molar-refractivity contribution in [3.63, 3.8) is 0 Å². The van der Waals surface area contributed by atoms with Gasteiger partial charge in [-0.1, -0.05) is 37.3 Å². The predicted octanol–water partition coefficient (Wildman–Crippen LogP) is 3.50. The number of rotatable bonds is 3. The Morgan fingerprint density at radius 3 is 2.78 bits per heavy atom. The zero-order valence-corrected chi connectivity index (χ0v) is 13.3. The second kappa shape index (κ2) is 6.69. The molecule has 0 bridgehead atoms. The van der Waals surface area contributed by atoms with Crippen molar-refractivity contribution >= 4 is 11.8 Å². The van der Waals surface area contributed by atoms with Crippen LogP contribution in [-0.4, -0.2) is 17.1 Å². The summed E-state index contributed by atoms with van der Waals surface area (Å²) in [6.45, 7) is 4.46. The van der Waals surface area contributed by atoms with E-state index in [4.69, 9.17) is 4.74 Å². The third-order valence-corrected chi connectivity index (χ3v) is 4.32. The third-order valence-electron chi connectivity index (χ3n) is 4.32. The molecule has 1 aliphatic rings. The Balaban J connectivity index is 1.67. The number of carbonyl (C=O) groups is 1. The molecule has 3 rings (SSSR count). The fourth-order valence-electron chi connectivity index (χ4n) is 2.79. The molecular weight excluding hydrogens is 290 g/mol. The highest BCUT2D eigenvalue weighted by atomic mass is 16.5. The summed E-state index contributed by atoms with van der Waals surface area (Å²) in [6.07, 6.45) is 1.32. The molecule has 2 N–H and O–H groups in total. The Labute approximate surface area is 136 Å². The molecule has 0 saturated heterocycles. The van der Waals surface area contributed by atoms with Gasteiger partial charge in [0.05, 0.1) is 17.4 Å². The normalized spacial score (nSPS) is 22.6. The molecule has 120 valence electrons. The van der Waals surface area contributed by atoms with Crippen molar-refractivity contribution in [3.8, 4) is 0 Å². The maximum atomic E-state index is 12.2. The number of alkyl carbamates (subject to hydrolysis) is 1. The van der Waals surface area contributed by atoms with E-state index in [1.165, 1.54) is 0 Å². The van der Waals surface area contributed by atoms with Crippen LogP contribution in [0.5, 0.6) is 0 Å². The van der Waals surface area contributed by atoms with E-state index in [2.05, 4.69) is 29.5 Å². The van der Waals surface area contributed by atoms with E-state index < -0.39 is 6.09 Å². The molecule has 0 aliphatic carbocycles. The van der Waals surface area contributed by atoms with Crippen LogP contribution in [0.4, 0.5) is 10.5 Å². The number of amides is 1. The Bertz CT molecular complexity index is 675. The lowest BCUT2D eigenvalue weighted by Crippen LogP contribution is -2.43. The fourth-order valence-corrected chi connectivity index (χ4v) is 2.79. The Kier molecular flexibility index (Phi) is 4.46. The van der Waals surface area contributed by atoms with Crippen LogP contribution in [-0.2, 0) is 11.3 Å². The van der Waals surface area contributed by atoms with Crippen molar-refractivity contribution in [1.29, 1.82) is 0 Å². The molecule has 5 heteroatoms. The molecule has 5 nitrogen and oxygen atoms in total. The Morgan fingerprint density at radius 1 is 1.22 bits per heavy atom. The average Bonchev–Trinajstić information content (AvgIpc) is 2.58. The zero-order chi connectivity index (χ0) is 16.2. The molecule has 0 spiro atoms. The highest BCUT2D eigenvalue weighted by molar-refractivity contribution is 5.69. The van der Waals surface area contributed by atoms with Gasteiger partial charge in [-0.25, -0.2) is 4.79 Å². The van der Waals surface area contributed by atoms with Gasteiger partial charge in [0.1, 0.15) is 6.61 Å². The maximum absolute atomic E-state index is 12.2. The zero-order valence-electron chi connectivity index (χ0n) is 13.3. The lowest BCUT2D eigenvalue weighted by Gasteiger charge is -2.36. The number of anilines is 1. The average molecular weight is 311 g/mol. The number of ether oxygens (including phenoxy) is 1. The SMILES string of the molecule is C[C@H]1[C@H](C)Nc2cccnc2[C@@H]1NC(=O)OCc1ccccc1. The van der Waals surface area contributed by atoms with Crippen LogP contribution in [0.15, 0.2) is 48.7 Å². The van der Waals surface area contributed by atoms with Crippen molar-refractivity contribution in [2.45, 2.75) is 32.5 Å². The summed E-state index contributed by atoms with van der Waals surface area (Å²) < 4.78 is 5.33. The number of aromatic nitrogens is 1. The van der Waals surface area contributed by atoms with Gasteiger partial charge in [-0.05, 0) is 24.6 Å². The van der Waals surface area contributed by atoms with Gasteiger partial charge in [0.25, 0.3) is 0 Å². The smallest absolute Gasteiger partial charge is 0.408 e. The standard InChI is InChI=1S/C18H21N3O2/c1-12-13(2)20-15-9-6-10-19-17(15)16(12)21-18(22)23-11-14-7-4-3-5-8-14/h3-10,12-13,16,20H,11H2,1-2H3,(H,21,22)/t12-,13-,16+/m0/s1. The van der Waals surface area contributed by atoms with E-state index in [-0.39, 0.29) is 24.6 Å². The molecular formula is C18H21N3O2. The summed E-state index contributed by atoms with van der Waals surface area (Å²) in [7, 11) is 0. The highest BCUT2D eigenvalue weighted by Crippen LogP contribution is 2.34. The van der Waals surface area contributed by atoms with Gasteiger partial charge in [-0.3, -0.25) is 4.98 Å². The van der Waals surface area contributed by atoms with E-state index in [1.807, 2.05) is 42.5 Å². The second-order valence-electron chi connectivity index (χ2n) is 5.91. The number of carbonyl (C=O) groups excluding carboxylic acids is 1. The number of pyridine rings is 1. The maximum Gasteiger partial charge on any atom is 0.408 e. The molecule has 1 amide bonds. The van der Waals surface area contributed by atoms with Gasteiger partial charge < -0.3 is 15.4 Å². The minimum Gasteiger partial charge on any atom is -0.445 e. The molecule has 2 heterocycles. The lowest BCUT2D eigenvalue weighted by molar-refractivity contribution is 0.130. The van der Waals surface area contributed by atoms with Crippen LogP contribution in [0.25, 0.3) is 0 Å². The van der Waals surface area contributed by atoms with E-state index in [0.717, 1.165) is 16.9 Å². The Hall–Kier alpha value is -2.56. The number of hydrogen-bond donors (Lipinski definition) is 2. The van der Waals surface area contributed by atoms with Crippen LogP contribution in [0, 0.1) is 5.92 Å². The molecule has 0 fully saturated rings. The number of hydrogen-bond acceptors (Lipinski definition) is 4. The van der Waals surface area contributed by atoms with Gasteiger partial charge >= 0.3 is 6.09 Å². The first kappa shape index (κ1) is 15.3. The number of nitrogens with zero attached hydrogens (tertiary/aromatic N) is 1. The predicted molar refractivity (Wildman–Crippen MR) is 89.0 cm³/mol. The van der Waals surface area contributed by atoms with Gasteiger partial charge in [0.2, 0.25) is 0 Å². The monoisotopic (exact) mass is 311 g/mol. The van der Waals surface area contributed by atoms with Gasteiger partial charge in [0.15, 0.2) is 0 Å². The molecule has 3 atom stereocenters. The first-order valence-corrected chi connectivity index (χ1v) is 7.84. The van der Waals surface area contributed by atoms with Crippen molar-refractivity contribution in [3.05, 3.63) is 59.9 Å². The first-order valence-electron chi connectivity index (χ1n) is 7.84. The summed E-state index contributed by atoms with van der Waals surface area (Å²) in [5.41, 5.74) is 2.79. The summed E-state index contributed by atoms with van der Waals surface area (Å²) in [5, 5.41) is 6.38. The molecule has 1 aliphatic heterocycles. The minimum atomic E-state index is -0.420. The van der Waals surface area contributed by atoms with E-state index >= 15 is 0 Å². The third kappa shape index (κ3) is 3.44. The largest absolute Gasteiger partial charge is 0.445 e. The van der Waals surface area contributed by atoms with Crippen LogP contribution in [0.1, 0.15) is 31.1 Å². The van der Waals surface area contributed by atoms with Gasteiger partial charge in [-0.2, -0.15) is 0 Å². The van der Waals surface area contributed by atoms with Crippen LogP contribution >= 0.6 is 0 Å². The van der Waals surface area contributed by atoms with Crippen molar-refractivity contribution in [2.24, 2.45) is 5.92 Å². The number of nitrogens with one attached hydrogen (secondary N) is 2. The summed E-state index contributed by atoms with van der Waals surface area (Å²) in [4.78, 5) is 16.6. The fraction of sp³-hybridized carbons (Fsp3) is 0.333. The highest BCUT2D eigenvalue weighted by Gasteiger charge is 2.33. The summed E-state index contributed by atoms with van der Waals surface area (Å²) in [6, 6.07) is 13.6. The molecule has 0 unspecified atom stereocenters. The van der Waals surface area contributed by atoms with Crippen molar-refractivity contribution < 1.29 is 9.53 Å². The lowest BCUT2D eigenvalue weighted by atomic mass is 9.87. The Morgan fingerprint density at radius 2 is 2.00 bits per heavy atom. The van der Waals surface area contributed by atoms with E-state index in [0.29, 0.717) is 0 Å². The van der Waals surface area contributed by atoms with Crippen molar-refractivity contribution in [1.82, 2.24) is 10.3 Å².